The summed E-state index contributed by atoms with van der Waals surface area (Å²) in [5.41, 5.74) is 0. The fourth-order valence-electron chi connectivity index (χ4n) is 10.6. The van der Waals surface area contributed by atoms with Gasteiger partial charge < -0.3 is 168 Å². The van der Waals surface area contributed by atoms with Crippen molar-refractivity contribution in [2.75, 3.05) is 51.6 Å². The zero-order chi connectivity index (χ0) is 57.6. The van der Waals surface area contributed by atoms with Crippen molar-refractivity contribution in [3.05, 3.63) is 0 Å². The van der Waals surface area contributed by atoms with Crippen molar-refractivity contribution >= 4 is 10.8 Å². The third-order valence-electron chi connectivity index (χ3n) is 15.0. The van der Waals surface area contributed by atoms with Crippen molar-refractivity contribution in [1.29, 1.82) is 0 Å². The Morgan fingerprint density at radius 2 is 0.380 bits per heavy atom. The van der Waals surface area contributed by atoms with Crippen LogP contribution < -0.4 is 0 Å². The van der Waals surface area contributed by atoms with E-state index in [4.69, 9.17) is 66.3 Å². The monoisotopic (exact) mass is 1180 g/mol. The maximum Gasteiger partial charge on any atom is 0.187 e. The van der Waals surface area contributed by atoms with Gasteiger partial charge in [-0.2, -0.15) is 0 Å². The lowest BCUT2D eigenvalue weighted by atomic mass is 9.95. The zero-order valence-electron chi connectivity index (χ0n) is 41.6. The molecule has 21 aliphatic heterocycles. The highest BCUT2D eigenvalue weighted by Gasteiger charge is 2.59. The lowest BCUT2D eigenvalue weighted by molar-refractivity contribution is -0.396. The Hall–Kier alpha value is -1.21. The van der Waals surface area contributed by atoms with Gasteiger partial charge in [-0.15, -0.1) is 0 Å². The van der Waals surface area contributed by atoms with E-state index in [1.807, 2.05) is 0 Å². The van der Waals surface area contributed by atoms with Crippen molar-refractivity contribution in [3.63, 3.8) is 0 Å². The van der Waals surface area contributed by atoms with E-state index >= 15 is 0 Å². The van der Waals surface area contributed by atoms with Crippen LogP contribution in [-0.2, 0) is 77.1 Å². The van der Waals surface area contributed by atoms with Crippen molar-refractivity contribution in [3.8, 4) is 0 Å². The van der Waals surface area contributed by atoms with Gasteiger partial charge in [0.2, 0.25) is 0 Å². The Kier molecular flexibility index (Phi) is 21.8. The van der Waals surface area contributed by atoms with Crippen LogP contribution in [0.25, 0.3) is 0 Å². The van der Waals surface area contributed by atoms with Crippen LogP contribution in [0.15, 0.2) is 0 Å². The van der Waals surface area contributed by atoms with Gasteiger partial charge in [-0.1, -0.05) is 0 Å². The first kappa shape index (κ1) is 63.8. The second-order valence-corrected chi connectivity index (χ2v) is 21.7. The van der Waals surface area contributed by atoms with Crippen molar-refractivity contribution in [1.82, 2.24) is 0 Å². The maximum atomic E-state index is 12.7. The largest absolute Gasteiger partial charge is 0.394 e. The molecule has 0 amide bonds. The lowest BCUT2D eigenvalue weighted by Crippen LogP contribution is -2.68. The van der Waals surface area contributed by atoms with Crippen LogP contribution >= 0.6 is 0 Å². The van der Waals surface area contributed by atoms with Gasteiger partial charge in [0.15, 0.2) is 44.0 Å². The van der Waals surface area contributed by atoms with E-state index in [0.29, 0.717) is 0 Å². The Morgan fingerprint density at radius 3 is 0.519 bits per heavy atom. The van der Waals surface area contributed by atoms with E-state index in [1.165, 1.54) is 6.26 Å². The van der Waals surface area contributed by atoms with Crippen molar-refractivity contribution in [2.45, 2.75) is 215 Å². The number of aliphatic hydroxyl groups is 20. The number of hydrogen-bond acceptors (Lipinski definition) is 35. The third kappa shape index (κ3) is 12.9. The van der Waals surface area contributed by atoms with E-state index in [9.17, 15) is 106 Å². The molecular weight excluding hydrogens is 1110 g/mol. The highest BCUT2D eigenvalue weighted by Crippen LogP contribution is 2.39. The highest BCUT2D eigenvalue weighted by atomic mass is 32.2. The van der Waals surface area contributed by atoms with Gasteiger partial charge in [0.05, 0.1) is 45.4 Å². The summed E-state index contributed by atoms with van der Waals surface area (Å²) >= 11 is 0. The first-order valence-corrected chi connectivity index (χ1v) is 26.9. The molecule has 0 radical (unpaired) electrons. The SMILES string of the molecule is CS(=O)CC1OC2OC3C(CO)OC(OC4C(CO)OC(OC5C(CO)OC(OC6C(CO)OC(OC7C(CO)OC(OC8C(CO)OC(OC1C(O)C2O)C(O)C8O)C(O)C7O)C(O)C6O)C(O)C5O)C(O)C4O)C(O)C3O. The Labute approximate surface area is 449 Å². The molecule has 0 aromatic carbocycles. The molecule has 14 bridgehead atoms. The van der Waals surface area contributed by atoms with Crippen molar-refractivity contribution in [2.24, 2.45) is 0 Å². The molecule has 21 aliphatic rings. The van der Waals surface area contributed by atoms with Crippen molar-refractivity contribution < 1.29 is 173 Å². The van der Waals surface area contributed by atoms with Gasteiger partial charge in [0.1, 0.15) is 171 Å². The van der Waals surface area contributed by atoms with Gasteiger partial charge in [-0.05, 0) is 0 Å². The smallest absolute Gasteiger partial charge is 0.187 e. The molecule has 36 unspecified atom stereocenters. The van der Waals surface area contributed by atoms with E-state index in [-0.39, 0.29) is 0 Å². The maximum absolute atomic E-state index is 12.7. The quantitative estimate of drug-likeness (QED) is 0.107. The summed E-state index contributed by atoms with van der Waals surface area (Å²) in [6.45, 7) is -6.29. The van der Waals surface area contributed by atoms with E-state index < -0.39 is 271 Å². The fourth-order valence-corrected chi connectivity index (χ4v) is 11.4. The van der Waals surface area contributed by atoms with Crippen LogP contribution in [0.1, 0.15) is 0 Å². The molecule has 0 aromatic heterocycles. The molecule has 0 spiro atoms. The summed E-state index contributed by atoms with van der Waals surface area (Å²) < 4.78 is 92.8. The summed E-state index contributed by atoms with van der Waals surface area (Å²) in [7, 11) is -1.82. The van der Waals surface area contributed by atoms with Crippen LogP contribution in [-0.4, -0.2) is 373 Å². The van der Waals surface area contributed by atoms with Gasteiger partial charge in [0.25, 0.3) is 0 Å². The summed E-state index contributed by atoms with van der Waals surface area (Å²) in [5.74, 6) is -0.519. The van der Waals surface area contributed by atoms with Gasteiger partial charge in [-0.25, -0.2) is 0 Å². The lowest BCUT2D eigenvalue weighted by Gasteiger charge is -2.50. The Balaban J connectivity index is 1.09. The van der Waals surface area contributed by atoms with Crippen LogP contribution in [0.5, 0.6) is 0 Å². The molecule has 21 fully saturated rings. The van der Waals surface area contributed by atoms with Gasteiger partial charge in [-0.3, -0.25) is 4.21 Å². The highest BCUT2D eigenvalue weighted by molar-refractivity contribution is 7.84. The summed E-state index contributed by atoms with van der Waals surface area (Å²) in [6.07, 6.45) is -68.9. The predicted octanol–water partition coefficient (Wildman–Crippen LogP) is -14.8. The molecule has 79 heavy (non-hydrogen) atoms. The van der Waals surface area contributed by atoms with Crippen LogP contribution in [0.2, 0.25) is 0 Å². The zero-order valence-corrected chi connectivity index (χ0v) is 42.4. The minimum atomic E-state index is -2.21. The molecule has 460 valence electrons. The first-order valence-electron chi connectivity index (χ1n) is 25.2. The summed E-state index contributed by atoms with van der Waals surface area (Å²) in [5, 5.41) is 221. The van der Waals surface area contributed by atoms with Crippen LogP contribution in [0.3, 0.4) is 0 Å². The average molecular weight is 1180 g/mol. The van der Waals surface area contributed by atoms with E-state index in [1.54, 1.807) is 0 Å². The summed E-state index contributed by atoms with van der Waals surface area (Å²) in [6, 6.07) is 0. The molecular formula is C43H72O35S. The Morgan fingerprint density at radius 1 is 0.241 bits per heavy atom. The molecule has 0 aliphatic carbocycles. The molecule has 36 heteroatoms. The average Bonchev–Trinajstić information content (AvgIpc) is 3.51. The standard InChI is InChI=1S/C43H72O35S/c1-79(64)8-15-36-22(56)29(63)43(71-15)77-35-14(7-49)69-41(27(61)20(35)54)75-33-12(5-47)67-39(25(59)18(33)52)73-31-10(3-45)65-37(23(57)16(31)50)72-30-9(2-44)66-38(24(58)17(30)51)74-32-11(4-46)68-40(26(60)19(32)53)76-34-13(6-48)70-42(78-36)28(62)21(34)55/h9-63H,2-8H2,1H3. The first-order chi connectivity index (χ1) is 37.5. The molecule has 36 atom stereocenters. The minimum absolute atomic E-state index is 0.519. The molecule has 35 nitrogen and oxygen atoms in total. The second kappa shape index (κ2) is 27.0. The topological polar surface area (TPSA) is 551 Å². The molecule has 0 saturated carbocycles. The van der Waals surface area contributed by atoms with E-state index in [0.717, 1.165) is 0 Å². The summed E-state index contributed by atoms with van der Waals surface area (Å²) in [4.78, 5) is 0. The van der Waals surface area contributed by atoms with Crippen LogP contribution in [0.4, 0.5) is 0 Å². The number of ether oxygens (including phenoxy) is 14. The van der Waals surface area contributed by atoms with Crippen LogP contribution in [0, 0.1) is 0 Å². The fraction of sp³-hybridized carbons (Fsp3) is 1.00. The molecule has 21 saturated heterocycles. The Bertz CT molecular complexity index is 1920. The molecule has 21 rings (SSSR count). The normalized spacial score (nSPS) is 54.7. The van der Waals surface area contributed by atoms with E-state index in [2.05, 4.69) is 0 Å². The molecule has 21 heterocycles. The minimum Gasteiger partial charge on any atom is -0.394 e. The predicted molar refractivity (Wildman–Crippen MR) is 240 cm³/mol. The molecule has 20 N–H and O–H groups in total. The third-order valence-corrected chi connectivity index (χ3v) is 15.8. The second-order valence-electron chi connectivity index (χ2n) is 20.2. The number of hydrogen-bond donors (Lipinski definition) is 20. The molecule has 0 aromatic rings. The number of aliphatic hydroxyl groups excluding tert-OH is 20. The van der Waals surface area contributed by atoms with Gasteiger partial charge >= 0.3 is 0 Å². The number of rotatable bonds is 8. The van der Waals surface area contributed by atoms with Gasteiger partial charge in [0, 0.05) is 17.1 Å².